The molecule has 4 aromatic rings. The Bertz CT molecular complexity index is 2790. The molecule has 0 spiro atoms. The van der Waals surface area contributed by atoms with Crippen LogP contribution in [-0.4, -0.2) is 83.2 Å². The van der Waals surface area contributed by atoms with Crippen LogP contribution < -0.4 is 10.6 Å². The third kappa shape index (κ3) is 11.3. The Kier molecular flexibility index (Phi) is 14.6. The van der Waals surface area contributed by atoms with E-state index < -0.39 is 17.9 Å². The molecule has 0 saturated carbocycles. The maximum absolute atomic E-state index is 13.2. The fraction of sp³-hybridized carbons (Fsp3) is 0.319. The van der Waals surface area contributed by atoms with Gasteiger partial charge in [-0.1, -0.05) is 12.1 Å². The molecule has 2 amide bonds. The predicted molar refractivity (Wildman–Crippen MR) is 244 cm³/mol. The van der Waals surface area contributed by atoms with Gasteiger partial charge in [0.1, 0.15) is 0 Å². The van der Waals surface area contributed by atoms with Crippen molar-refractivity contribution in [1.82, 2.24) is 30.6 Å². The molecule has 6 rings (SSSR count). The lowest BCUT2D eigenvalue weighted by molar-refractivity contribution is -0.137. The summed E-state index contributed by atoms with van der Waals surface area (Å²) in [5, 5.41) is 36.8. The fourth-order valence-corrected chi connectivity index (χ4v) is 8.00. The quantitative estimate of drug-likeness (QED) is 0.0378. The summed E-state index contributed by atoms with van der Waals surface area (Å²) in [6.07, 6.45) is 1.28. The SMILES string of the molecule is CC1=C(CCC(=O)O)c2cc3nc(cc4[nH]c(cc5[nH]c(cc1n2)c(CCC(=O)O)c5C)c(CCC(=O)NCC(=O)NCCc1ccc(N=C=S)cc1)c4C)C(CCC(=O)O)=C3C. The number of aromatic amines is 2. The molecule has 3 aromatic heterocycles. The van der Waals surface area contributed by atoms with Crippen LogP contribution in [0.2, 0.25) is 0 Å². The van der Waals surface area contributed by atoms with Gasteiger partial charge in [0, 0.05) is 54.3 Å². The number of carboxylic acids is 3. The van der Waals surface area contributed by atoms with Crippen molar-refractivity contribution in [2.75, 3.05) is 13.1 Å². The number of hydrogen-bond donors (Lipinski definition) is 7. The van der Waals surface area contributed by atoms with Crippen molar-refractivity contribution in [1.29, 1.82) is 0 Å². The van der Waals surface area contributed by atoms with Crippen LogP contribution in [0.5, 0.6) is 0 Å². The van der Waals surface area contributed by atoms with E-state index in [0.29, 0.717) is 69.9 Å². The highest BCUT2D eigenvalue weighted by Gasteiger charge is 2.23. The number of H-pyrrole nitrogens is 2. The summed E-state index contributed by atoms with van der Waals surface area (Å²) in [7, 11) is 0. The van der Waals surface area contributed by atoms with Crippen LogP contribution in [0.15, 0.2) is 53.5 Å². The van der Waals surface area contributed by atoms with Crippen molar-refractivity contribution in [2.45, 2.75) is 85.5 Å². The first-order valence-corrected chi connectivity index (χ1v) is 21.0. The highest BCUT2D eigenvalue weighted by molar-refractivity contribution is 7.78. The topological polar surface area (TPSA) is 240 Å². The zero-order chi connectivity index (χ0) is 45.4. The van der Waals surface area contributed by atoms with E-state index in [4.69, 9.17) is 9.97 Å². The van der Waals surface area contributed by atoms with Gasteiger partial charge in [-0.3, -0.25) is 24.0 Å². The van der Waals surface area contributed by atoms with E-state index >= 15 is 0 Å². The number of fused-ring (bicyclic) bond motifs is 8. The predicted octanol–water partition coefficient (Wildman–Crippen LogP) is 7.68. The first kappa shape index (κ1) is 45.5. The van der Waals surface area contributed by atoms with Gasteiger partial charge < -0.3 is 35.9 Å². The number of carboxylic acid groups (broad SMARTS) is 3. The van der Waals surface area contributed by atoms with E-state index in [0.717, 1.165) is 50.1 Å². The van der Waals surface area contributed by atoms with Crippen LogP contribution in [0.1, 0.15) is 103 Å². The molecule has 2 aliphatic rings. The Morgan fingerprint density at radius 3 is 1.67 bits per heavy atom. The number of rotatable bonds is 18. The van der Waals surface area contributed by atoms with E-state index in [1.807, 2.05) is 76.2 Å². The van der Waals surface area contributed by atoms with Crippen molar-refractivity contribution in [3.63, 3.8) is 0 Å². The summed E-state index contributed by atoms with van der Waals surface area (Å²) in [5.41, 5.74) is 13.0. The van der Waals surface area contributed by atoms with Gasteiger partial charge >= 0.3 is 17.9 Å². The second-order valence-corrected chi connectivity index (χ2v) is 15.8. The van der Waals surface area contributed by atoms with Crippen LogP contribution in [-0.2, 0) is 43.2 Å². The van der Waals surface area contributed by atoms with Gasteiger partial charge in [-0.05, 0) is 159 Å². The summed E-state index contributed by atoms with van der Waals surface area (Å²) < 4.78 is 0. The third-order valence-electron chi connectivity index (χ3n) is 11.5. The number of aryl methyl sites for hydroxylation is 4. The monoisotopic (exact) mass is 871 g/mol. The molecule has 0 unspecified atom stereocenters. The van der Waals surface area contributed by atoms with E-state index in [1.54, 1.807) is 0 Å². The molecule has 0 radical (unpaired) electrons. The molecule has 1 aromatic carbocycles. The number of aliphatic imine (C=N–C) groups is 1. The van der Waals surface area contributed by atoms with E-state index in [9.17, 15) is 39.3 Å². The molecule has 5 heterocycles. The van der Waals surface area contributed by atoms with Gasteiger partial charge in [-0.25, -0.2) is 9.97 Å². The number of isothiocyanates is 1. The molecule has 326 valence electrons. The molecule has 0 saturated heterocycles. The minimum Gasteiger partial charge on any atom is -0.481 e. The first-order valence-electron chi connectivity index (χ1n) is 20.6. The minimum atomic E-state index is -0.954. The zero-order valence-electron chi connectivity index (χ0n) is 35.5. The van der Waals surface area contributed by atoms with Gasteiger partial charge in [0.15, 0.2) is 0 Å². The van der Waals surface area contributed by atoms with E-state index in [-0.39, 0.29) is 63.3 Å². The smallest absolute Gasteiger partial charge is 0.303 e. The maximum Gasteiger partial charge on any atom is 0.303 e. The van der Waals surface area contributed by atoms with Crippen molar-refractivity contribution >= 4 is 97.1 Å². The number of aliphatic carboxylic acids is 3. The number of nitrogens with one attached hydrogen (secondary N) is 4. The second-order valence-electron chi connectivity index (χ2n) is 15.6. The molecule has 7 N–H and O–H groups in total. The number of nitrogens with zero attached hydrogens (tertiary/aromatic N) is 3. The Labute approximate surface area is 368 Å². The van der Waals surface area contributed by atoms with Gasteiger partial charge in [-0.2, -0.15) is 4.99 Å². The standard InChI is InChI=1S/C47H49N7O8S/c1-25-31(9-13-43(55)49-23-44(56)48-18-17-29-5-7-30(8-6-29)50-24-63)39-19-36-26(2)32(10-14-45(57)58)41(52-36)21-38-28(4)34(12-16-47(61)62)42(54-38)22-37-27(3)33(11-15-46(59)60)40(53-37)20-35(25)51-39/h5-8,19-22,51-52H,9-18,23H2,1-4H3,(H,48,56)(H,49,55)(H,57,58)(H,59,60)(H,61,62). The number of carbonyl (C=O) groups excluding carboxylic acids is 2. The molecule has 63 heavy (non-hydrogen) atoms. The molecule has 8 bridgehead atoms. The number of hydrogen-bond acceptors (Lipinski definition) is 9. The average Bonchev–Trinajstić information content (AvgIpc) is 3.90. The molecular weight excluding hydrogens is 823 g/mol. The largest absolute Gasteiger partial charge is 0.481 e. The van der Waals surface area contributed by atoms with Gasteiger partial charge in [0.25, 0.3) is 0 Å². The normalized spacial score (nSPS) is 12.3. The lowest BCUT2D eigenvalue weighted by atomic mass is 9.98. The third-order valence-corrected chi connectivity index (χ3v) is 11.6. The van der Waals surface area contributed by atoms with E-state index in [2.05, 4.69) is 43.0 Å². The van der Waals surface area contributed by atoms with Gasteiger partial charge in [-0.15, -0.1) is 0 Å². The zero-order valence-corrected chi connectivity index (χ0v) is 36.3. The number of allylic oxidation sites excluding steroid dienone is 4. The Morgan fingerprint density at radius 2 is 1.10 bits per heavy atom. The number of carbonyl (C=O) groups is 5. The Hall–Kier alpha value is -7.03. The summed E-state index contributed by atoms with van der Waals surface area (Å²) in [4.78, 5) is 82.1. The summed E-state index contributed by atoms with van der Waals surface area (Å²) >= 11 is 4.64. The number of amides is 2. The van der Waals surface area contributed by atoms with Crippen LogP contribution in [0.4, 0.5) is 5.69 Å². The number of thiocarbonyl (C=S) groups is 1. The summed E-state index contributed by atoms with van der Waals surface area (Å²) in [5.74, 6) is -3.49. The Balaban J connectivity index is 1.39. The average molecular weight is 872 g/mol. The summed E-state index contributed by atoms with van der Waals surface area (Å²) in [6.45, 7) is 7.79. The molecular formula is C47H49N7O8S. The molecule has 0 atom stereocenters. The van der Waals surface area contributed by atoms with Gasteiger partial charge in [0.05, 0.1) is 40.2 Å². The van der Waals surface area contributed by atoms with Crippen molar-refractivity contribution < 1.29 is 39.3 Å². The van der Waals surface area contributed by atoms with Gasteiger partial charge in [0.2, 0.25) is 11.8 Å². The molecule has 0 fully saturated rings. The van der Waals surface area contributed by atoms with Crippen LogP contribution >= 0.6 is 12.2 Å². The maximum atomic E-state index is 13.2. The van der Waals surface area contributed by atoms with Crippen LogP contribution in [0.25, 0.3) is 44.4 Å². The number of benzene rings is 1. The summed E-state index contributed by atoms with van der Waals surface area (Å²) in [6, 6.07) is 14.9. The van der Waals surface area contributed by atoms with Crippen LogP contribution in [0.3, 0.4) is 0 Å². The van der Waals surface area contributed by atoms with Crippen molar-refractivity contribution in [3.8, 4) is 0 Å². The Morgan fingerprint density at radius 1 is 0.603 bits per heavy atom. The number of aromatic nitrogens is 4. The lowest BCUT2D eigenvalue weighted by Crippen LogP contribution is -2.37. The van der Waals surface area contributed by atoms with E-state index in [1.165, 1.54) is 0 Å². The van der Waals surface area contributed by atoms with Crippen molar-refractivity contribution in [3.05, 3.63) is 99.1 Å². The highest BCUT2D eigenvalue weighted by atomic mass is 32.1. The van der Waals surface area contributed by atoms with Crippen LogP contribution in [0, 0.1) is 13.8 Å². The lowest BCUT2D eigenvalue weighted by Gasteiger charge is -2.08. The first-order chi connectivity index (χ1) is 30.1. The van der Waals surface area contributed by atoms with Crippen molar-refractivity contribution in [2.24, 2.45) is 4.99 Å². The molecule has 16 heteroatoms. The molecule has 0 aliphatic carbocycles. The second kappa shape index (κ2) is 20.2. The molecule has 2 aliphatic heterocycles. The highest BCUT2D eigenvalue weighted by Crippen LogP contribution is 2.38. The fourth-order valence-electron chi connectivity index (χ4n) is 7.89. The molecule has 15 nitrogen and oxygen atoms in total. The minimum absolute atomic E-state index is 0.0698.